The van der Waals surface area contributed by atoms with Crippen LogP contribution in [0.1, 0.15) is 18.9 Å². The summed E-state index contributed by atoms with van der Waals surface area (Å²) in [7, 11) is 0. The molecule has 0 aliphatic carbocycles. The number of amides is 3. The molecule has 4 rings (SSSR count). The van der Waals surface area contributed by atoms with E-state index in [0.717, 1.165) is 53.2 Å². The molecule has 2 heterocycles. The lowest BCUT2D eigenvalue weighted by Crippen LogP contribution is -2.36. The molecule has 2 fully saturated rings. The van der Waals surface area contributed by atoms with E-state index >= 15 is 0 Å². The second kappa shape index (κ2) is 11.2. The van der Waals surface area contributed by atoms with Gasteiger partial charge in [0.2, 0.25) is 5.91 Å². The molecule has 0 atom stereocenters. The Bertz CT molecular complexity index is 1060. The Balaban J connectivity index is 1.33. The van der Waals surface area contributed by atoms with Gasteiger partial charge in [-0.3, -0.25) is 19.3 Å². The van der Waals surface area contributed by atoms with Crippen LogP contribution in [0.15, 0.2) is 53.4 Å². The van der Waals surface area contributed by atoms with E-state index in [0.29, 0.717) is 25.5 Å². The fourth-order valence-corrected chi connectivity index (χ4v) is 4.43. The summed E-state index contributed by atoms with van der Waals surface area (Å²) >= 11 is 0.832. The summed E-state index contributed by atoms with van der Waals surface area (Å²) in [6, 6.07) is 14.8. The van der Waals surface area contributed by atoms with Gasteiger partial charge in [-0.15, -0.1) is 0 Å². The lowest BCUT2D eigenvalue weighted by Gasteiger charge is -2.28. The molecule has 0 spiro atoms. The summed E-state index contributed by atoms with van der Waals surface area (Å²) in [5, 5.41) is 2.30. The highest BCUT2D eigenvalue weighted by atomic mass is 32.2. The van der Waals surface area contributed by atoms with Crippen LogP contribution in [0.2, 0.25) is 0 Å². The van der Waals surface area contributed by atoms with Crippen molar-refractivity contribution in [1.29, 1.82) is 0 Å². The SMILES string of the molecule is CCCOc1ccc(/C=C2\SC(=O)N(CC(=O)Nc3ccc(N4CCOCC4)cc3)C2=O)cc1. The van der Waals surface area contributed by atoms with Gasteiger partial charge in [-0.1, -0.05) is 19.1 Å². The van der Waals surface area contributed by atoms with Gasteiger partial charge in [0, 0.05) is 24.5 Å². The van der Waals surface area contributed by atoms with Crippen LogP contribution < -0.4 is 15.0 Å². The van der Waals surface area contributed by atoms with Gasteiger partial charge in [-0.2, -0.15) is 0 Å². The van der Waals surface area contributed by atoms with Crippen molar-refractivity contribution >= 4 is 46.3 Å². The molecule has 2 aliphatic rings. The number of carbonyl (C=O) groups excluding carboxylic acids is 3. The molecule has 2 aromatic rings. The number of morpholine rings is 1. The predicted molar refractivity (Wildman–Crippen MR) is 133 cm³/mol. The summed E-state index contributed by atoms with van der Waals surface area (Å²) in [5.74, 6) is -0.152. The lowest BCUT2D eigenvalue weighted by atomic mass is 10.2. The van der Waals surface area contributed by atoms with E-state index in [1.807, 2.05) is 55.5 Å². The number of nitrogens with one attached hydrogen (secondary N) is 1. The first-order valence-electron chi connectivity index (χ1n) is 11.2. The van der Waals surface area contributed by atoms with Crippen molar-refractivity contribution in [3.05, 3.63) is 59.0 Å². The van der Waals surface area contributed by atoms with Crippen LogP contribution in [0, 0.1) is 0 Å². The standard InChI is InChI=1S/C25H27N3O5S/c1-2-13-33-21-9-3-18(4-10-21)16-22-24(30)28(25(31)34-22)17-23(29)26-19-5-7-20(8-6-19)27-11-14-32-15-12-27/h3-10,16H,2,11-15,17H2,1H3,(H,26,29)/b22-16-. The highest BCUT2D eigenvalue weighted by Gasteiger charge is 2.36. The fourth-order valence-electron chi connectivity index (χ4n) is 3.59. The average Bonchev–Trinajstić information content (AvgIpc) is 3.12. The largest absolute Gasteiger partial charge is 0.494 e. The van der Waals surface area contributed by atoms with Crippen molar-refractivity contribution in [2.45, 2.75) is 13.3 Å². The first-order chi connectivity index (χ1) is 16.5. The number of hydrogen-bond donors (Lipinski definition) is 1. The summed E-state index contributed by atoms with van der Waals surface area (Å²) in [5.41, 5.74) is 2.44. The lowest BCUT2D eigenvalue weighted by molar-refractivity contribution is -0.127. The molecular weight excluding hydrogens is 454 g/mol. The van der Waals surface area contributed by atoms with Gasteiger partial charge in [0.25, 0.3) is 11.1 Å². The molecule has 2 saturated heterocycles. The third-order valence-electron chi connectivity index (χ3n) is 5.35. The summed E-state index contributed by atoms with van der Waals surface area (Å²) < 4.78 is 10.9. The van der Waals surface area contributed by atoms with Crippen molar-refractivity contribution in [2.24, 2.45) is 0 Å². The van der Waals surface area contributed by atoms with E-state index < -0.39 is 17.1 Å². The van der Waals surface area contributed by atoms with Gasteiger partial charge < -0.3 is 19.7 Å². The normalized spacial score (nSPS) is 17.4. The topological polar surface area (TPSA) is 88.2 Å². The number of anilines is 2. The molecule has 0 aromatic heterocycles. The second-order valence-electron chi connectivity index (χ2n) is 7.88. The van der Waals surface area contributed by atoms with Gasteiger partial charge >= 0.3 is 0 Å². The van der Waals surface area contributed by atoms with Crippen molar-refractivity contribution < 1.29 is 23.9 Å². The van der Waals surface area contributed by atoms with Crippen molar-refractivity contribution in [3.63, 3.8) is 0 Å². The molecule has 178 valence electrons. The van der Waals surface area contributed by atoms with Crippen molar-refractivity contribution in [1.82, 2.24) is 4.90 Å². The maximum atomic E-state index is 12.7. The van der Waals surface area contributed by atoms with Crippen LogP contribution in [0.4, 0.5) is 16.2 Å². The molecule has 0 saturated carbocycles. The zero-order valence-corrected chi connectivity index (χ0v) is 19.8. The van der Waals surface area contributed by atoms with E-state index in [4.69, 9.17) is 9.47 Å². The fraction of sp³-hybridized carbons (Fsp3) is 0.320. The predicted octanol–water partition coefficient (Wildman–Crippen LogP) is 3.99. The van der Waals surface area contributed by atoms with Gasteiger partial charge in [-0.05, 0) is 66.2 Å². The number of rotatable bonds is 8. The summed E-state index contributed by atoms with van der Waals surface area (Å²) in [6.45, 7) is 5.39. The van der Waals surface area contributed by atoms with Gasteiger partial charge in [-0.25, -0.2) is 0 Å². The van der Waals surface area contributed by atoms with Crippen LogP contribution in [-0.2, 0) is 14.3 Å². The first-order valence-corrected chi connectivity index (χ1v) is 12.1. The zero-order chi connectivity index (χ0) is 23.9. The number of hydrogen-bond acceptors (Lipinski definition) is 7. The summed E-state index contributed by atoms with van der Waals surface area (Å²) in [4.78, 5) is 41.1. The highest BCUT2D eigenvalue weighted by molar-refractivity contribution is 8.18. The minimum absolute atomic E-state index is 0.287. The highest BCUT2D eigenvalue weighted by Crippen LogP contribution is 2.32. The Labute approximate surface area is 202 Å². The van der Waals surface area contributed by atoms with E-state index in [9.17, 15) is 14.4 Å². The Hall–Kier alpha value is -3.30. The van der Waals surface area contributed by atoms with Crippen LogP contribution >= 0.6 is 11.8 Å². The van der Waals surface area contributed by atoms with Crippen LogP contribution in [0.5, 0.6) is 5.75 Å². The quantitative estimate of drug-likeness (QED) is 0.571. The number of carbonyl (C=O) groups is 3. The van der Waals surface area contributed by atoms with Crippen LogP contribution in [-0.4, -0.2) is 61.4 Å². The molecule has 9 heteroatoms. The third kappa shape index (κ3) is 5.98. The maximum Gasteiger partial charge on any atom is 0.294 e. The van der Waals surface area contributed by atoms with Gasteiger partial charge in [0.15, 0.2) is 0 Å². The molecule has 2 aliphatic heterocycles. The number of benzene rings is 2. The number of ether oxygens (including phenoxy) is 2. The molecule has 0 unspecified atom stereocenters. The number of nitrogens with zero attached hydrogens (tertiary/aromatic N) is 2. The third-order valence-corrected chi connectivity index (χ3v) is 6.26. The van der Waals surface area contributed by atoms with Crippen molar-refractivity contribution in [3.8, 4) is 5.75 Å². The Morgan fingerprint density at radius 1 is 1.09 bits per heavy atom. The van der Waals surface area contributed by atoms with E-state index in [-0.39, 0.29) is 11.4 Å². The second-order valence-corrected chi connectivity index (χ2v) is 8.87. The summed E-state index contributed by atoms with van der Waals surface area (Å²) in [6.07, 6.45) is 2.57. The molecule has 1 N–H and O–H groups in total. The van der Waals surface area contributed by atoms with Crippen LogP contribution in [0.3, 0.4) is 0 Å². The molecule has 3 amide bonds. The number of thioether (sulfide) groups is 1. The minimum atomic E-state index is -0.473. The molecule has 2 aromatic carbocycles. The molecule has 0 bridgehead atoms. The smallest absolute Gasteiger partial charge is 0.294 e. The Kier molecular flexibility index (Phi) is 7.87. The minimum Gasteiger partial charge on any atom is -0.494 e. The Morgan fingerprint density at radius 2 is 1.79 bits per heavy atom. The van der Waals surface area contributed by atoms with Crippen molar-refractivity contribution in [2.75, 3.05) is 49.7 Å². The van der Waals surface area contributed by atoms with Gasteiger partial charge in [0.1, 0.15) is 12.3 Å². The monoisotopic (exact) mass is 481 g/mol. The van der Waals surface area contributed by atoms with E-state index in [1.165, 1.54) is 0 Å². The Morgan fingerprint density at radius 3 is 2.47 bits per heavy atom. The molecule has 0 radical (unpaired) electrons. The van der Waals surface area contributed by atoms with Crippen LogP contribution in [0.25, 0.3) is 6.08 Å². The van der Waals surface area contributed by atoms with E-state index in [1.54, 1.807) is 6.08 Å². The molecule has 8 nitrogen and oxygen atoms in total. The average molecular weight is 482 g/mol. The number of imide groups is 1. The first kappa shape index (κ1) is 23.8. The van der Waals surface area contributed by atoms with Gasteiger partial charge in [0.05, 0.1) is 24.7 Å². The van der Waals surface area contributed by atoms with E-state index in [2.05, 4.69) is 10.2 Å². The zero-order valence-electron chi connectivity index (χ0n) is 19.0. The maximum absolute atomic E-state index is 12.7. The molecule has 34 heavy (non-hydrogen) atoms. The molecular formula is C25H27N3O5S.